The van der Waals surface area contributed by atoms with Crippen LogP contribution in [0.15, 0.2) is 30.5 Å². The van der Waals surface area contributed by atoms with E-state index in [1.54, 1.807) is 12.3 Å². The normalized spacial score (nSPS) is 14.8. The van der Waals surface area contributed by atoms with Crippen molar-refractivity contribution in [2.24, 2.45) is 17.4 Å². The van der Waals surface area contributed by atoms with E-state index >= 15 is 0 Å². The van der Waals surface area contributed by atoms with Gasteiger partial charge in [-0.25, -0.2) is 4.98 Å². The average Bonchev–Trinajstić information content (AvgIpc) is 3.52. The topological polar surface area (TPSA) is 138 Å². The zero-order chi connectivity index (χ0) is 21.1. The maximum Gasteiger partial charge on any atom is 0.267 e. The lowest BCUT2D eigenvalue weighted by atomic mass is 10.2. The van der Waals surface area contributed by atoms with Gasteiger partial charge < -0.3 is 26.1 Å². The lowest BCUT2D eigenvalue weighted by molar-refractivity contribution is -0.106. The molecule has 9 nitrogen and oxygen atoms in total. The third-order valence-corrected chi connectivity index (χ3v) is 5.15. The van der Waals surface area contributed by atoms with Crippen molar-refractivity contribution in [2.75, 3.05) is 18.5 Å². The zero-order valence-corrected chi connectivity index (χ0v) is 16.5. The van der Waals surface area contributed by atoms with Crippen LogP contribution in [0.3, 0.4) is 0 Å². The Morgan fingerprint density at radius 2 is 2.13 bits per heavy atom. The van der Waals surface area contributed by atoms with Gasteiger partial charge in [0.05, 0.1) is 12.1 Å². The number of primary amides is 2. The summed E-state index contributed by atoms with van der Waals surface area (Å²) in [5.41, 5.74) is 13.6. The summed E-state index contributed by atoms with van der Waals surface area (Å²) in [6, 6.07) is 7.70. The summed E-state index contributed by atoms with van der Waals surface area (Å²) in [7, 11) is 0. The lowest BCUT2D eigenvalue weighted by Gasteiger charge is -2.10. The number of aryl methyl sites for hydroxylation is 1. The van der Waals surface area contributed by atoms with E-state index in [0.717, 1.165) is 59.3 Å². The Bertz CT molecular complexity index is 1090. The van der Waals surface area contributed by atoms with Crippen molar-refractivity contribution in [3.8, 4) is 17.1 Å². The van der Waals surface area contributed by atoms with Gasteiger partial charge in [-0.3, -0.25) is 14.6 Å². The summed E-state index contributed by atoms with van der Waals surface area (Å²) in [4.78, 5) is 29.0. The summed E-state index contributed by atoms with van der Waals surface area (Å²) in [6.45, 7) is 2.47. The summed E-state index contributed by atoms with van der Waals surface area (Å²) >= 11 is 0. The van der Waals surface area contributed by atoms with Crippen LogP contribution in [-0.2, 0) is 11.3 Å². The lowest BCUT2D eigenvalue weighted by Crippen LogP contribution is -2.13. The van der Waals surface area contributed by atoms with Gasteiger partial charge in [0.15, 0.2) is 0 Å². The molecule has 30 heavy (non-hydrogen) atoms. The molecule has 2 aliphatic rings. The Morgan fingerprint density at radius 1 is 1.33 bits per heavy atom. The number of nitrogens with one attached hydrogen (secondary N) is 1. The third kappa shape index (κ3) is 4.05. The number of nitrogens with two attached hydrogens (primary N) is 2. The number of carbonyl (C=O) groups is 2. The standard InChI is InChI=1S/C20H21N5O2.CH3NO/c21-19(26)16-8-13(4-5-22-16)20-24-15-9-14(23-11-12-2-3-12)10-17-18(15)25(20)6-1-7-27-17;2-1-3/h4-5,8-10,12,23H,1-3,6-7,11H2,(H2,21,26);1H,(H2,2,3). The molecule has 1 aliphatic carbocycles. The van der Waals surface area contributed by atoms with Gasteiger partial charge in [-0.2, -0.15) is 0 Å². The number of ether oxygens (including phenoxy) is 1. The van der Waals surface area contributed by atoms with Crippen molar-refractivity contribution in [3.63, 3.8) is 0 Å². The van der Waals surface area contributed by atoms with Crippen molar-refractivity contribution in [2.45, 2.75) is 25.8 Å². The number of hydrogen-bond acceptors (Lipinski definition) is 6. The molecule has 1 aliphatic heterocycles. The van der Waals surface area contributed by atoms with Gasteiger partial charge in [0.1, 0.15) is 22.8 Å². The molecule has 0 saturated heterocycles. The molecule has 3 aromatic rings. The molecule has 1 saturated carbocycles. The van der Waals surface area contributed by atoms with E-state index in [4.69, 9.17) is 20.2 Å². The maximum absolute atomic E-state index is 11.5. The van der Waals surface area contributed by atoms with E-state index in [9.17, 15) is 4.79 Å². The molecule has 5 N–H and O–H groups in total. The first-order chi connectivity index (χ1) is 14.6. The summed E-state index contributed by atoms with van der Waals surface area (Å²) in [5.74, 6) is 1.91. The minimum atomic E-state index is -0.542. The van der Waals surface area contributed by atoms with Crippen LogP contribution in [0.2, 0.25) is 0 Å². The first-order valence-electron chi connectivity index (χ1n) is 9.93. The van der Waals surface area contributed by atoms with Crippen LogP contribution < -0.4 is 21.5 Å². The number of amides is 2. The van der Waals surface area contributed by atoms with Gasteiger partial charge in [0.25, 0.3) is 5.91 Å². The van der Waals surface area contributed by atoms with Crippen LogP contribution in [0.4, 0.5) is 5.69 Å². The number of hydrogen-bond donors (Lipinski definition) is 3. The van der Waals surface area contributed by atoms with Gasteiger partial charge in [0.2, 0.25) is 6.41 Å². The number of benzene rings is 1. The fourth-order valence-electron chi connectivity index (χ4n) is 3.57. The van der Waals surface area contributed by atoms with Crippen LogP contribution in [0.1, 0.15) is 29.8 Å². The summed E-state index contributed by atoms with van der Waals surface area (Å²) in [6.07, 6.45) is 5.35. The molecule has 5 rings (SSSR count). The van der Waals surface area contributed by atoms with E-state index in [0.29, 0.717) is 6.61 Å². The Balaban J connectivity index is 0.000000687. The molecule has 0 bridgehead atoms. The smallest absolute Gasteiger partial charge is 0.267 e. The number of pyridine rings is 1. The zero-order valence-electron chi connectivity index (χ0n) is 16.5. The van der Waals surface area contributed by atoms with Gasteiger partial charge in [-0.05, 0) is 43.4 Å². The molecule has 3 heterocycles. The molecule has 9 heteroatoms. The maximum atomic E-state index is 11.5. The average molecular weight is 408 g/mol. The van der Waals surface area contributed by atoms with Crippen LogP contribution >= 0.6 is 0 Å². The highest BCUT2D eigenvalue weighted by Gasteiger charge is 2.23. The quantitative estimate of drug-likeness (QED) is 0.551. The molecular weight excluding hydrogens is 384 g/mol. The largest absolute Gasteiger partial charge is 0.491 e. The Labute approximate surface area is 173 Å². The number of rotatable bonds is 5. The van der Waals surface area contributed by atoms with Crippen LogP contribution in [0.25, 0.3) is 22.4 Å². The summed E-state index contributed by atoms with van der Waals surface area (Å²) in [5, 5.41) is 3.51. The first kappa shape index (κ1) is 19.7. The molecule has 2 amide bonds. The monoisotopic (exact) mass is 408 g/mol. The van der Waals surface area contributed by atoms with E-state index in [-0.39, 0.29) is 12.1 Å². The predicted octanol–water partition coefficient (Wildman–Crippen LogP) is 1.90. The van der Waals surface area contributed by atoms with Gasteiger partial charge >= 0.3 is 0 Å². The molecule has 1 aromatic carbocycles. The molecule has 0 radical (unpaired) electrons. The van der Waals surface area contributed by atoms with E-state index < -0.39 is 5.91 Å². The van der Waals surface area contributed by atoms with Crippen molar-refractivity contribution in [1.29, 1.82) is 0 Å². The van der Waals surface area contributed by atoms with Gasteiger partial charge in [0, 0.05) is 36.6 Å². The molecule has 0 spiro atoms. The first-order valence-corrected chi connectivity index (χ1v) is 9.93. The van der Waals surface area contributed by atoms with Crippen LogP contribution in [0.5, 0.6) is 5.75 Å². The highest BCUT2D eigenvalue weighted by Crippen LogP contribution is 2.36. The highest BCUT2D eigenvalue weighted by molar-refractivity contribution is 5.93. The van der Waals surface area contributed by atoms with Crippen molar-refractivity contribution < 1.29 is 14.3 Å². The minimum Gasteiger partial charge on any atom is -0.491 e. The van der Waals surface area contributed by atoms with Crippen LogP contribution in [0, 0.1) is 5.92 Å². The van der Waals surface area contributed by atoms with Crippen LogP contribution in [-0.4, -0.2) is 40.0 Å². The Morgan fingerprint density at radius 3 is 2.87 bits per heavy atom. The highest BCUT2D eigenvalue weighted by atomic mass is 16.5. The number of nitrogens with zero attached hydrogens (tertiary/aromatic N) is 3. The third-order valence-electron chi connectivity index (χ3n) is 5.15. The number of carbonyl (C=O) groups excluding carboxylic acids is 2. The Kier molecular flexibility index (Phi) is 5.51. The second-order valence-electron chi connectivity index (χ2n) is 7.39. The molecule has 2 aromatic heterocycles. The Hall–Kier alpha value is -3.62. The number of aromatic nitrogens is 3. The van der Waals surface area contributed by atoms with Crippen molar-refractivity contribution in [3.05, 3.63) is 36.2 Å². The van der Waals surface area contributed by atoms with E-state index in [1.807, 2.05) is 6.07 Å². The second kappa shape index (κ2) is 8.40. The minimum absolute atomic E-state index is 0.240. The van der Waals surface area contributed by atoms with Gasteiger partial charge in [-0.15, -0.1) is 0 Å². The van der Waals surface area contributed by atoms with E-state index in [2.05, 4.69) is 32.7 Å². The van der Waals surface area contributed by atoms with Gasteiger partial charge in [-0.1, -0.05) is 0 Å². The summed E-state index contributed by atoms with van der Waals surface area (Å²) < 4.78 is 8.18. The van der Waals surface area contributed by atoms with E-state index in [1.165, 1.54) is 12.8 Å². The molecular formula is C21H24N6O3. The second-order valence-corrected chi connectivity index (χ2v) is 7.39. The predicted molar refractivity (Wildman–Crippen MR) is 113 cm³/mol. The SMILES string of the molecule is NC(=O)c1cc(-c2nc3cc(NCC4CC4)cc4c3n2CCCO4)ccn1.NC=O. The molecule has 156 valence electrons. The van der Waals surface area contributed by atoms with Crippen molar-refractivity contribution in [1.82, 2.24) is 14.5 Å². The molecule has 0 unspecified atom stereocenters. The molecule has 0 atom stereocenters. The fourth-order valence-corrected chi connectivity index (χ4v) is 3.57. The number of imidazole rings is 1. The van der Waals surface area contributed by atoms with Crippen molar-refractivity contribution >= 4 is 29.0 Å². The fraction of sp³-hybridized carbons (Fsp3) is 0.333. The number of anilines is 1. The molecule has 1 fully saturated rings.